The lowest BCUT2D eigenvalue weighted by molar-refractivity contribution is 0.340. The molecule has 0 amide bonds. The van der Waals surface area contributed by atoms with E-state index in [-0.39, 0.29) is 5.54 Å². The van der Waals surface area contributed by atoms with Crippen molar-refractivity contribution >= 4 is 0 Å². The summed E-state index contributed by atoms with van der Waals surface area (Å²) in [5.41, 5.74) is 1.57. The molecule has 2 nitrogen and oxygen atoms in total. The summed E-state index contributed by atoms with van der Waals surface area (Å²) in [7, 11) is 0. The van der Waals surface area contributed by atoms with E-state index in [2.05, 4.69) is 24.4 Å². The molecule has 0 saturated carbocycles. The highest BCUT2D eigenvalue weighted by Gasteiger charge is 2.37. The van der Waals surface area contributed by atoms with Gasteiger partial charge in [0.15, 0.2) is 0 Å². The number of ether oxygens (including phenoxy) is 1. The lowest BCUT2D eigenvalue weighted by atomic mass is 10.0. The molecule has 1 aliphatic rings. The van der Waals surface area contributed by atoms with Gasteiger partial charge in [-0.1, -0.05) is 12.1 Å². The predicted octanol–water partition coefficient (Wildman–Crippen LogP) is 1.90. The zero-order valence-electron chi connectivity index (χ0n) is 8.13. The second-order valence-electron chi connectivity index (χ2n) is 3.64. The van der Waals surface area contributed by atoms with E-state index >= 15 is 0 Å². The summed E-state index contributed by atoms with van der Waals surface area (Å²) in [4.78, 5) is 0. The van der Waals surface area contributed by atoms with Crippen molar-refractivity contribution in [1.82, 2.24) is 5.32 Å². The smallest absolute Gasteiger partial charge is 0.119 e. The lowest BCUT2D eigenvalue weighted by Crippen LogP contribution is -2.06. The topological polar surface area (TPSA) is 31.2 Å². The quantitative estimate of drug-likeness (QED) is 0.715. The van der Waals surface area contributed by atoms with Gasteiger partial charge in [-0.3, -0.25) is 0 Å². The highest BCUT2D eigenvalue weighted by atomic mass is 16.5. The molecule has 1 saturated heterocycles. The van der Waals surface area contributed by atoms with Crippen LogP contribution in [0.3, 0.4) is 0 Å². The van der Waals surface area contributed by atoms with Gasteiger partial charge < -0.3 is 10.1 Å². The number of rotatable bonds is 3. The minimum atomic E-state index is 0.227. The Bertz CT molecular complexity index is 287. The van der Waals surface area contributed by atoms with Crippen molar-refractivity contribution in [2.75, 3.05) is 13.2 Å². The van der Waals surface area contributed by atoms with Gasteiger partial charge in [0.1, 0.15) is 5.75 Å². The minimum absolute atomic E-state index is 0.227. The molecule has 1 aromatic rings. The van der Waals surface area contributed by atoms with E-state index in [9.17, 15) is 0 Å². The highest BCUT2D eigenvalue weighted by Crippen LogP contribution is 2.30. The molecule has 1 unspecified atom stereocenters. The zero-order valence-corrected chi connectivity index (χ0v) is 8.13. The number of hydrogen-bond donors (Lipinski definition) is 1. The molecule has 2 rings (SSSR count). The Kier molecular flexibility index (Phi) is 2.00. The second kappa shape index (κ2) is 3.04. The summed E-state index contributed by atoms with van der Waals surface area (Å²) in [5, 5.41) is 3.34. The minimum Gasteiger partial charge on any atom is -0.494 e. The van der Waals surface area contributed by atoms with E-state index in [1.807, 2.05) is 19.1 Å². The Labute approximate surface area is 78.9 Å². The molecule has 0 aliphatic carbocycles. The maximum atomic E-state index is 5.37. The SMILES string of the molecule is CCOc1ccc(C2(C)CN2)cc1. The molecule has 1 aromatic carbocycles. The van der Waals surface area contributed by atoms with Gasteiger partial charge in [-0.15, -0.1) is 0 Å². The predicted molar refractivity (Wildman–Crippen MR) is 53.0 cm³/mol. The molecule has 0 aromatic heterocycles. The van der Waals surface area contributed by atoms with Crippen molar-refractivity contribution < 1.29 is 4.74 Å². The highest BCUT2D eigenvalue weighted by molar-refractivity contribution is 5.34. The van der Waals surface area contributed by atoms with Crippen LogP contribution in [0.2, 0.25) is 0 Å². The molecule has 1 N–H and O–H groups in total. The maximum Gasteiger partial charge on any atom is 0.119 e. The van der Waals surface area contributed by atoms with Gasteiger partial charge in [0.25, 0.3) is 0 Å². The van der Waals surface area contributed by atoms with E-state index in [0.29, 0.717) is 0 Å². The molecule has 1 atom stereocenters. The van der Waals surface area contributed by atoms with Crippen molar-refractivity contribution in [2.45, 2.75) is 19.4 Å². The van der Waals surface area contributed by atoms with Crippen molar-refractivity contribution in [3.8, 4) is 5.75 Å². The second-order valence-corrected chi connectivity index (χ2v) is 3.64. The Morgan fingerprint density at radius 3 is 2.46 bits per heavy atom. The Hall–Kier alpha value is -1.02. The zero-order chi connectivity index (χ0) is 9.31. The summed E-state index contributed by atoms with van der Waals surface area (Å²) in [5.74, 6) is 0.954. The van der Waals surface area contributed by atoms with Gasteiger partial charge in [-0.05, 0) is 31.5 Å². The fourth-order valence-corrected chi connectivity index (χ4v) is 1.42. The van der Waals surface area contributed by atoms with Crippen molar-refractivity contribution in [1.29, 1.82) is 0 Å². The summed E-state index contributed by atoms with van der Waals surface area (Å²) in [6, 6.07) is 8.32. The monoisotopic (exact) mass is 177 g/mol. The molecule has 1 heterocycles. The van der Waals surface area contributed by atoms with Crippen molar-refractivity contribution in [2.24, 2.45) is 0 Å². The summed E-state index contributed by atoms with van der Waals surface area (Å²) in [6.45, 7) is 6.02. The van der Waals surface area contributed by atoms with Gasteiger partial charge in [-0.2, -0.15) is 0 Å². The molecule has 70 valence electrons. The van der Waals surface area contributed by atoms with E-state index in [0.717, 1.165) is 18.9 Å². The third-order valence-corrected chi connectivity index (χ3v) is 2.51. The van der Waals surface area contributed by atoms with Crippen LogP contribution >= 0.6 is 0 Å². The standard InChI is InChI=1S/C11H15NO/c1-3-13-10-6-4-9(5-7-10)11(2)8-12-11/h4-7,12H,3,8H2,1-2H3. The van der Waals surface area contributed by atoms with Crippen molar-refractivity contribution in [3.05, 3.63) is 29.8 Å². The first-order valence-corrected chi connectivity index (χ1v) is 4.73. The van der Waals surface area contributed by atoms with Crippen LogP contribution in [-0.4, -0.2) is 13.2 Å². The van der Waals surface area contributed by atoms with Crippen LogP contribution in [0.1, 0.15) is 19.4 Å². The molecule has 0 bridgehead atoms. The molecule has 1 fully saturated rings. The molecule has 1 aliphatic heterocycles. The van der Waals surface area contributed by atoms with Crippen LogP contribution in [0, 0.1) is 0 Å². The van der Waals surface area contributed by atoms with E-state index in [1.54, 1.807) is 0 Å². The van der Waals surface area contributed by atoms with Crippen LogP contribution in [0.25, 0.3) is 0 Å². The summed E-state index contributed by atoms with van der Waals surface area (Å²) >= 11 is 0. The van der Waals surface area contributed by atoms with Gasteiger partial charge >= 0.3 is 0 Å². The van der Waals surface area contributed by atoms with Gasteiger partial charge in [0.2, 0.25) is 0 Å². The molecular formula is C11H15NO. The number of nitrogens with one attached hydrogen (secondary N) is 1. The Balaban J connectivity index is 2.14. The van der Waals surface area contributed by atoms with Gasteiger partial charge in [0.05, 0.1) is 12.1 Å². The first kappa shape index (κ1) is 8.57. The van der Waals surface area contributed by atoms with Crippen LogP contribution in [-0.2, 0) is 5.54 Å². The molecule has 0 radical (unpaired) electrons. The van der Waals surface area contributed by atoms with Crippen molar-refractivity contribution in [3.63, 3.8) is 0 Å². The van der Waals surface area contributed by atoms with Crippen LogP contribution in [0.4, 0.5) is 0 Å². The maximum absolute atomic E-state index is 5.37. The van der Waals surface area contributed by atoms with Gasteiger partial charge in [0, 0.05) is 6.54 Å². The molecule has 13 heavy (non-hydrogen) atoms. The van der Waals surface area contributed by atoms with Crippen LogP contribution in [0.15, 0.2) is 24.3 Å². The fourth-order valence-electron chi connectivity index (χ4n) is 1.42. The molecular weight excluding hydrogens is 162 g/mol. The molecule has 0 spiro atoms. The normalized spacial score (nSPS) is 25.7. The average Bonchev–Trinajstić information content (AvgIpc) is 2.87. The first-order valence-electron chi connectivity index (χ1n) is 4.73. The number of benzene rings is 1. The Morgan fingerprint density at radius 2 is 2.00 bits per heavy atom. The summed E-state index contributed by atoms with van der Waals surface area (Å²) in [6.07, 6.45) is 0. The third-order valence-electron chi connectivity index (χ3n) is 2.51. The largest absolute Gasteiger partial charge is 0.494 e. The van der Waals surface area contributed by atoms with Crippen LogP contribution < -0.4 is 10.1 Å². The van der Waals surface area contributed by atoms with Crippen LogP contribution in [0.5, 0.6) is 5.75 Å². The number of hydrogen-bond acceptors (Lipinski definition) is 2. The van der Waals surface area contributed by atoms with E-state index < -0.39 is 0 Å². The first-order chi connectivity index (χ1) is 6.24. The third kappa shape index (κ3) is 1.68. The Morgan fingerprint density at radius 1 is 1.38 bits per heavy atom. The van der Waals surface area contributed by atoms with E-state index in [1.165, 1.54) is 5.56 Å². The molecule has 2 heteroatoms. The summed E-state index contributed by atoms with van der Waals surface area (Å²) < 4.78 is 5.37. The lowest BCUT2D eigenvalue weighted by Gasteiger charge is -2.08. The van der Waals surface area contributed by atoms with Gasteiger partial charge in [-0.25, -0.2) is 0 Å². The average molecular weight is 177 g/mol. The fraction of sp³-hybridized carbons (Fsp3) is 0.455. The van der Waals surface area contributed by atoms with E-state index in [4.69, 9.17) is 4.74 Å².